The van der Waals surface area contributed by atoms with Crippen LogP contribution in [0.1, 0.15) is 27.0 Å². The van der Waals surface area contributed by atoms with Crippen LogP contribution in [0.5, 0.6) is 0 Å². The molecule has 0 saturated carbocycles. The minimum Gasteiger partial charge on any atom is -0.462 e. The average molecular weight is 257 g/mol. The number of nitrogens with two attached hydrogens (primary N) is 1. The Hall–Kier alpha value is -1.76. The molecule has 0 fully saturated rings. The molecule has 17 heavy (non-hydrogen) atoms. The van der Waals surface area contributed by atoms with Gasteiger partial charge in [-0.2, -0.15) is 0 Å². The zero-order chi connectivity index (χ0) is 13.0. The summed E-state index contributed by atoms with van der Waals surface area (Å²) in [5.41, 5.74) is 6.23. The van der Waals surface area contributed by atoms with Gasteiger partial charge in [-0.25, -0.2) is 4.79 Å². The van der Waals surface area contributed by atoms with Crippen molar-refractivity contribution < 1.29 is 14.3 Å². The first-order chi connectivity index (χ1) is 8.06. The number of thiophene rings is 1. The van der Waals surface area contributed by atoms with Gasteiger partial charge in [-0.1, -0.05) is 0 Å². The van der Waals surface area contributed by atoms with Crippen LogP contribution in [0.25, 0.3) is 0 Å². The molecule has 0 saturated heterocycles. The molecule has 4 N–H and O–H groups in total. The van der Waals surface area contributed by atoms with Gasteiger partial charge in [-0.3, -0.25) is 4.79 Å². The van der Waals surface area contributed by atoms with Crippen LogP contribution in [0, 0.1) is 0 Å². The first-order valence-electron chi connectivity index (χ1n) is 5.06. The van der Waals surface area contributed by atoms with Crippen LogP contribution in [-0.4, -0.2) is 32.6 Å². The fraction of sp³-hybridized carbons (Fsp3) is 0.400. The van der Waals surface area contributed by atoms with E-state index in [-0.39, 0.29) is 28.6 Å². The normalized spacial score (nSPS) is 9.82. The van der Waals surface area contributed by atoms with Gasteiger partial charge in [-0.15, -0.1) is 11.3 Å². The summed E-state index contributed by atoms with van der Waals surface area (Å²) in [6.45, 7) is 1.97. The predicted octanol–water partition coefficient (Wildman–Crippen LogP) is 0.908. The maximum atomic E-state index is 11.6. The maximum Gasteiger partial charge on any atom is 0.350 e. The lowest BCUT2D eigenvalue weighted by Gasteiger charge is -2.02. The molecule has 94 valence electrons. The number of nitrogens with one attached hydrogen (secondary N) is 2. The molecule has 0 unspecified atom stereocenters. The summed E-state index contributed by atoms with van der Waals surface area (Å²) in [5.74, 6) is -0.847. The number of rotatable bonds is 4. The van der Waals surface area contributed by atoms with E-state index in [1.54, 1.807) is 14.0 Å². The number of carbonyl (C=O) groups excluding carboxylic acids is 2. The van der Waals surface area contributed by atoms with Crippen molar-refractivity contribution in [2.24, 2.45) is 0 Å². The highest BCUT2D eigenvalue weighted by Gasteiger charge is 2.25. The third-order valence-electron chi connectivity index (χ3n) is 2.09. The lowest BCUT2D eigenvalue weighted by molar-refractivity contribution is 0.0533. The van der Waals surface area contributed by atoms with Crippen molar-refractivity contribution in [3.63, 3.8) is 0 Å². The van der Waals surface area contributed by atoms with Gasteiger partial charge in [-0.05, 0) is 6.92 Å². The number of hydrogen-bond donors (Lipinski definition) is 3. The monoisotopic (exact) mass is 257 g/mol. The Kier molecular flexibility index (Phi) is 4.33. The summed E-state index contributed by atoms with van der Waals surface area (Å²) in [5, 5.41) is 5.86. The molecular weight excluding hydrogens is 242 g/mol. The van der Waals surface area contributed by atoms with Crippen LogP contribution in [0.4, 0.5) is 10.7 Å². The molecule has 1 heterocycles. The number of anilines is 2. The van der Waals surface area contributed by atoms with Crippen molar-refractivity contribution >= 4 is 33.9 Å². The van der Waals surface area contributed by atoms with Gasteiger partial charge in [0.1, 0.15) is 9.88 Å². The molecule has 7 heteroatoms. The topological polar surface area (TPSA) is 93.4 Å². The summed E-state index contributed by atoms with van der Waals surface area (Å²) in [4.78, 5) is 23.5. The van der Waals surface area contributed by atoms with Crippen LogP contribution >= 0.6 is 11.3 Å². The second kappa shape index (κ2) is 5.53. The second-order valence-corrected chi connectivity index (χ2v) is 4.12. The number of ether oxygens (including phenoxy) is 1. The van der Waals surface area contributed by atoms with Crippen molar-refractivity contribution in [3.05, 3.63) is 10.4 Å². The first-order valence-corrected chi connectivity index (χ1v) is 5.87. The maximum absolute atomic E-state index is 11.6. The Bertz CT molecular complexity index is 442. The Morgan fingerprint density at radius 1 is 1.41 bits per heavy atom. The Morgan fingerprint density at radius 3 is 2.53 bits per heavy atom. The Morgan fingerprint density at radius 2 is 2.06 bits per heavy atom. The zero-order valence-corrected chi connectivity index (χ0v) is 10.7. The van der Waals surface area contributed by atoms with E-state index in [0.717, 1.165) is 11.3 Å². The van der Waals surface area contributed by atoms with Gasteiger partial charge >= 0.3 is 5.97 Å². The number of carbonyl (C=O) groups is 2. The van der Waals surface area contributed by atoms with Crippen LogP contribution in [-0.2, 0) is 4.74 Å². The summed E-state index contributed by atoms with van der Waals surface area (Å²) in [6.07, 6.45) is 0. The molecule has 0 aliphatic carbocycles. The fourth-order valence-corrected chi connectivity index (χ4v) is 2.28. The van der Waals surface area contributed by atoms with Crippen molar-refractivity contribution in [1.29, 1.82) is 0 Å². The van der Waals surface area contributed by atoms with Crippen molar-refractivity contribution in [1.82, 2.24) is 5.32 Å². The SMILES string of the molecule is CCOC(=O)c1sc(NC)c(C(=O)NC)c1N. The summed E-state index contributed by atoms with van der Waals surface area (Å²) >= 11 is 1.11. The van der Waals surface area contributed by atoms with Gasteiger partial charge in [0.15, 0.2) is 0 Å². The molecule has 6 nitrogen and oxygen atoms in total. The minimum absolute atomic E-state index is 0.150. The largest absolute Gasteiger partial charge is 0.462 e. The Balaban J connectivity index is 3.23. The standard InChI is InChI=1S/C10H15N3O3S/c1-4-16-10(15)7-6(11)5(8(14)12-2)9(13-3)17-7/h13H,4,11H2,1-3H3,(H,12,14). The Labute approximate surface area is 103 Å². The van der Waals surface area contributed by atoms with Crippen LogP contribution in [0.15, 0.2) is 0 Å². The van der Waals surface area contributed by atoms with E-state index in [0.29, 0.717) is 5.00 Å². The average Bonchev–Trinajstić information content (AvgIpc) is 2.65. The molecule has 0 bridgehead atoms. The molecule has 0 aromatic carbocycles. The molecule has 0 atom stereocenters. The number of esters is 1. The zero-order valence-electron chi connectivity index (χ0n) is 9.92. The molecule has 0 aliphatic heterocycles. The third kappa shape index (κ3) is 2.50. The van der Waals surface area contributed by atoms with E-state index in [9.17, 15) is 9.59 Å². The van der Waals surface area contributed by atoms with Crippen molar-refractivity contribution in [2.45, 2.75) is 6.92 Å². The molecular formula is C10H15N3O3S. The first kappa shape index (κ1) is 13.3. The highest BCUT2D eigenvalue weighted by Crippen LogP contribution is 2.35. The van der Waals surface area contributed by atoms with Crippen LogP contribution in [0.3, 0.4) is 0 Å². The number of amides is 1. The molecule has 0 radical (unpaired) electrons. The van der Waals surface area contributed by atoms with Gasteiger partial charge in [0.2, 0.25) is 0 Å². The highest BCUT2D eigenvalue weighted by atomic mass is 32.1. The van der Waals surface area contributed by atoms with E-state index < -0.39 is 5.97 Å². The number of nitrogen functional groups attached to an aromatic ring is 1. The van der Waals surface area contributed by atoms with E-state index in [4.69, 9.17) is 10.5 Å². The van der Waals surface area contributed by atoms with Gasteiger partial charge in [0, 0.05) is 14.1 Å². The summed E-state index contributed by atoms with van der Waals surface area (Å²) in [6, 6.07) is 0. The molecule has 1 amide bonds. The third-order valence-corrected chi connectivity index (χ3v) is 3.29. The van der Waals surface area contributed by atoms with E-state index in [1.165, 1.54) is 7.05 Å². The van der Waals surface area contributed by atoms with Crippen LogP contribution in [0.2, 0.25) is 0 Å². The fourth-order valence-electron chi connectivity index (χ4n) is 1.32. The summed E-state index contributed by atoms with van der Waals surface area (Å²) in [7, 11) is 3.16. The van der Waals surface area contributed by atoms with Gasteiger partial charge in [0.05, 0.1) is 17.9 Å². The lowest BCUT2D eigenvalue weighted by atomic mass is 10.2. The molecule has 0 spiro atoms. The smallest absolute Gasteiger partial charge is 0.350 e. The number of hydrogen-bond acceptors (Lipinski definition) is 6. The van der Waals surface area contributed by atoms with Gasteiger partial charge in [0.25, 0.3) is 5.91 Å². The minimum atomic E-state index is -0.512. The van der Waals surface area contributed by atoms with E-state index >= 15 is 0 Å². The second-order valence-electron chi connectivity index (χ2n) is 3.10. The summed E-state index contributed by atoms with van der Waals surface area (Å²) < 4.78 is 4.87. The molecule has 1 aromatic heterocycles. The highest BCUT2D eigenvalue weighted by molar-refractivity contribution is 7.19. The lowest BCUT2D eigenvalue weighted by Crippen LogP contribution is -2.20. The van der Waals surface area contributed by atoms with Gasteiger partial charge < -0.3 is 21.1 Å². The quantitative estimate of drug-likeness (QED) is 0.697. The molecule has 1 aromatic rings. The van der Waals surface area contributed by atoms with E-state index in [2.05, 4.69) is 10.6 Å². The van der Waals surface area contributed by atoms with Crippen LogP contribution < -0.4 is 16.4 Å². The predicted molar refractivity (Wildman–Crippen MR) is 67.6 cm³/mol. The molecule has 1 rings (SSSR count). The van der Waals surface area contributed by atoms with Crippen molar-refractivity contribution in [2.75, 3.05) is 31.8 Å². The molecule has 0 aliphatic rings. The van der Waals surface area contributed by atoms with Crippen molar-refractivity contribution in [3.8, 4) is 0 Å². The van der Waals surface area contributed by atoms with E-state index in [1.807, 2.05) is 0 Å².